The van der Waals surface area contributed by atoms with Crippen LogP contribution in [0.4, 0.5) is 13.2 Å². The third-order valence-corrected chi connectivity index (χ3v) is 2.88. The monoisotopic (exact) mass is 249 g/mol. The molecule has 0 saturated carbocycles. The summed E-state index contributed by atoms with van der Waals surface area (Å²) in [6.07, 6.45) is 1.80. The van der Waals surface area contributed by atoms with Gasteiger partial charge in [-0.1, -0.05) is 25.5 Å². The third-order valence-electron chi connectivity index (χ3n) is 2.14. The van der Waals surface area contributed by atoms with Crippen molar-refractivity contribution in [3.8, 4) is 0 Å². The SMILES string of the molecule is CCC[C@H](N)c1ccc(SC(F)(F)F)cc1. The highest BCUT2D eigenvalue weighted by Crippen LogP contribution is 2.37. The molecule has 2 N–H and O–H groups in total. The average molecular weight is 249 g/mol. The van der Waals surface area contributed by atoms with E-state index >= 15 is 0 Å². The maximum absolute atomic E-state index is 12.1. The van der Waals surface area contributed by atoms with Crippen LogP contribution in [-0.2, 0) is 0 Å². The fourth-order valence-corrected chi connectivity index (χ4v) is 1.93. The van der Waals surface area contributed by atoms with E-state index in [-0.39, 0.29) is 22.7 Å². The molecule has 1 aromatic rings. The van der Waals surface area contributed by atoms with E-state index in [1.54, 1.807) is 12.1 Å². The molecule has 0 unspecified atom stereocenters. The summed E-state index contributed by atoms with van der Waals surface area (Å²) in [4.78, 5) is 0.194. The summed E-state index contributed by atoms with van der Waals surface area (Å²) in [5.41, 5.74) is 2.51. The summed E-state index contributed by atoms with van der Waals surface area (Å²) in [5.74, 6) is 0. The zero-order valence-electron chi connectivity index (χ0n) is 8.92. The van der Waals surface area contributed by atoms with Crippen molar-refractivity contribution in [2.45, 2.75) is 36.2 Å². The maximum atomic E-state index is 12.1. The van der Waals surface area contributed by atoms with Gasteiger partial charge in [-0.15, -0.1) is 0 Å². The van der Waals surface area contributed by atoms with Crippen molar-refractivity contribution in [3.63, 3.8) is 0 Å². The van der Waals surface area contributed by atoms with Gasteiger partial charge in [0.15, 0.2) is 0 Å². The largest absolute Gasteiger partial charge is 0.446 e. The van der Waals surface area contributed by atoms with Crippen LogP contribution in [0.25, 0.3) is 0 Å². The van der Waals surface area contributed by atoms with E-state index in [1.807, 2.05) is 6.92 Å². The van der Waals surface area contributed by atoms with Crippen molar-refractivity contribution in [2.24, 2.45) is 5.73 Å². The summed E-state index contributed by atoms with van der Waals surface area (Å²) in [7, 11) is 0. The van der Waals surface area contributed by atoms with Crippen LogP contribution in [0.1, 0.15) is 31.4 Å². The standard InChI is InChI=1S/C11H14F3NS/c1-2-3-10(15)8-4-6-9(7-5-8)16-11(12,13)14/h4-7,10H,2-3,15H2,1H3/t10-/m0/s1. The number of hydrogen-bond donors (Lipinski definition) is 1. The Bertz CT molecular complexity index is 321. The molecule has 0 spiro atoms. The van der Waals surface area contributed by atoms with E-state index in [9.17, 15) is 13.2 Å². The lowest BCUT2D eigenvalue weighted by molar-refractivity contribution is -0.0328. The quantitative estimate of drug-likeness (QED) is 0.813. The Labute approximate surface area is 97.2 Å². The number of thioether (sulfide) groups is 1. The molecule has 0 fully saturated rings. The summed E-state index contributed by atoms with van der Waals surface area (Å²) < 4.78 is 36.2. The second-order valence-electron chi connectivity index (χ2n) is 3.51. The lowest BCUT2D eigenvalue weighted by Crippen LogP contribution is -2.09. The third kappa shape index (κ3) is 4.45. The maximum Gasteiger partial charge on any atom is 0.446 e. The van der Waals surface area contributed by atoms with Gasteiger partial charge in [0, 0.05) is 10.9 Å². The van der Waals surface area contributed by atoms with Gasteiger partial charge in [-0.25, -0.2) is 0 Å². The Kier molecular flexibility index (Phi) is 4.68. The van der Waals surface area contributed by atoms with Gasteiger partial charge >= 0.3 is 5.51 Å². The Hall–Kier alpha value is -0.680. The molecule has 0 aromatic heterocycles. The van der Waals surface area contributed by atoms with Gasteiger partial charge in [0.05, 0.1) is 0 Å². The average Bonchev–Trinajstić information content (AvgIpc) is 2.16. The van der Waals surface area contributed by atoms with Crippen LogP contribution < -0.4 is 5.73 Å². The highest BCUT2D eigenvalue weighted by molar-refractivity contribution is 8.00. The molecule has 0 radical (unpaired) electrons. The second kappa shape index (κ2) is 5.59. The second-order valence-corrected chi connectivity index (χ2v) is 4.65. The van der Waals surface area contributed by atoms with E-state index in [1.165, 1.54) is 12.1 Å². The minimum Gasteiger partial charge on any atom is -0.324 e. The number of alkyl halides is 3. The molecule has 1 rings (SSSR count). The summed E-state index contributed by atoms with van der Waals surface area (Å²) >= 11 is -0.106. The van der Waals surface area contributed by atoms with E-state index in [4.69, 9.17) is 5.73 Å². The van der Waals surface area contributed by atoms with Crippen molar-refractivity contribution >= 4 is 11.8 Å². The molecule has 90 valence electrons. The van der Waals surface area contributed by atoms with Gasteiger partial charge in [-0.3, -0.25) is 0 Å². The van der Waals surface area contributed by atoms with Crippen LogP contribution in [0.5, 0.6) is 0 Å². The van der Waals surface area contributed by atoms with Crippen LogP contribution in [0.3, 0.4) is 0 Å². The van der Waals surface area contributed by atoms with Crippen molar-refractivity contribution < 1.29 is 13.2 Å². The van der Waals surface area contributed by atoms with Gasteiger partial charge in [-0.2, -0.15) is 13.2 Å². The highest BCUT2D eigenvalue weighted by atomic mass is 32.2. The molecule has 1 atom stereocenters. The van der Waals surface area contributed by atoms with E-state index in [0.29, 0.717) is 0 Å². The first-order chi connectivity index (χ1) is 7.42. The summed E-state index contributed by atoms with van der Waals surface area (Å²) in [6, 6.07) is 6.16. The van der Waals surface area contributed by atoms with Crippen molar-refractivity contribution in [1.29, 1.82) is 0 Å². The number of nitrogens with two attached hydrogens (primary N) is 1. The van der Waals surface area contributed by atoms with Gasteiger partial charge in [0.25, 0.3) is 0 Å². The van der Waals surface area contributed by atoms with Crippen LogP contribution in [0, 0.1) is 0 Å². The van der Waals surface area contributed by atoms with Gasteiger partial charge < -0.3 is 5.73 Å². The van der Waals surface area contributed by atoms with Crippen LogP contribution >= 0.6 is 11.8 Å². The Morgan fingerprint density at radius 3 is 2.25 bits per heavy atom. The summed E-state index contributed by atoms with van der Waals surface area (Å²) in [5, 5.41) is 0. The lowest BCUT2D eigenvalue weighted by atomic mass is 10.0. The molecule has 5 heteroatoms. The summed E-state index contributed by atoms with van der Waals surface area (Å²) in [6.45, 7) is 2.02. The topological polar surface area (TPSA) is 26.0 Å². The predicted molar refractivity (Wildman–Crippen MR) is 60.2 cm³/mol. The minimum absolute atomic E-state index is 0.0880. The zero-order chi connectivity index (χ0) is 12.2. The molecule has 1 nitrogen and oxygen atoms in total. The smallest absolute Gasteiger partial charge is 0.324 e. The molecule has 16 heavy (non-hydrogen) atoms. The molecule has 0 aliphatic heterocycles. The van der Waals surface area contributed by atoms with Crippen molar-refractivity contribution in [1.82, 2.24) is 0 Å². The number of rotatable bonds is 4. The van der Waals surface area contributed by atoms with Gasteiger partial charge in [-0.05, 0) is 35.9 Å². The molecular formula is C11H14F3NS. The molecule has 0 aliphatic rings. The van der Waals surface area contributed by atoms with Crippen molar-refractivity contribution in [2.75, 3.05) is 0 Å². The number of hydrogen-bond acceptors (Lipinski definition) is 2. The fourth-order valence-electron chi connectivity index (χ4n) is 1.39. The number of halogens is 3. The Morgan fingerprint density at radius 1 is 1.25 bits per heavy atom. The Morgan fingerprint density at radius 2 is 1.81 bits per heavy atom. The molecule has 0 bridgehead atoms. The molecule has 1 aromatic carbocycles. The van der Waals surface area contributed by atoms with E-state index in [0.717, 1.165) is 18.4 Å². The normalized spacial score (nSPS) is 13.8. The molecule has 0 saturated heterocycles. The predicted octanol–water partition coefficient (Wildman–Crippen LogP) is 4.10. The molecule has 0 aliphatic carbocycles. The van der Waals surface area contributed by atoms with Gasteiger partial charge in [0.1, 0.15) is 0 Å². The number of benzene rings is 1. The first kappa shape index (κ1) is 13.4. The van der Waals surface area contributed by atoms with E-state index in [2.05, 4.69) is 0 Å². The fraction of sp³-hybridized carbons (Fsp3) is 0.455. The first-order valence-corrected chi connectivity index (χ1v) is 5.85. The highest BCUT2D eigenvalue weighted by Gasteiger charge is 2.29. The van der Waals surface area contributed by atoms with Crippen LogP contribution in [0.2, 0.25) is 0 Å². The van der Waals surface area contributed by atoms with E-state index < -0.39 is 5.51 Å². The lowest BCUT2D eigenvalue weighted by Gasteiger charge is -2.11. The van der Waals surface area contributed by atoms with Gasteiger partial charge in [0.2, 0.25) is 0 Å². The van der Waals surface area contributed by atoms with Crippen LogP contribution in [-0.4, -0.2) is 5.51 Å². The van der Waals surface area contributed by atoms with Crippen LogP contribution in [0.15, 0.2) is 29.2 Å². The molecule has 0 amide bonds. The zero-order valence-corrected chi connectivity index (χ0v) is 9.74. The molecule has 0 heterocycles. The van der Waals surface area contributed by atoms with Crippen molar-refractivity contribution in [3.05, 3.63) is 29.8 Å². The molecular weight excluding hydrogens is 235 g/mol. The minimum atomic E-state index is -4.23. The Balaban J connectivity index is 2.68. The first-order valence-electron chi connectivity index (χ1n) is 5.03.